The highest BCUT2D eigenvalue weighted by Gasteiger charge is 2.16. The average Bonchev–Trinajstić information content (AvgIpc) is 3.11. The SMILES string of the molecule is CCOC(=O)c1ccsc1NC(=O)c1ccc(Cc2ccccc2)cc1. The minimum atomic E-state index is -0.428. The quantitative estimate of drug-likeness (QED) is 0.640. The van der Waals surface area contributed by atoms with Crippen molar-refractivity contribution in [1.82, 2.24) is 0 Å². The molecule has 0 unspecified atom stereocenters. The Kier molecular flexibility index (Phi) is 5.81. The fraction of sp³-hybridized carbons (Fsp3) is 0.143. The monoisotopic (exact) mass is 365 g/mol. The van der Waals surface area contributed by atoms with E-state index >= 15 is 0 Å². The van der Waals surface area contributed by atoms with Gasteiger partial charge in [0.15, 0.2) is 0 Å². The number of thiophene rings is 1. The van der Waals surface area contributed by atoms with Crippen LogP contribution in [0.4, 0.5) is 5.00 Å². The van der Waals surface area contributed by atoms with Crippen molar-refractivity contribution < 1.29 is 14.3 Å². The molecule has 0 saturated heterocycles. The van der Waals surface area contributed by atoms with Crippen LogP contribution in [0.25, 0.3) is 0 Å². The summed E-state index contributed by atoms with van der Waals surface area (Å²) in [4.78, 5) is 24.4. The molecule has 0 aliphatic rings. The molecule has 0 atom stereocenters. The van der Waals surface area contributed by atoms with E-state index in [1.807, 2.05) is 30.3 Å². The Bertz CT molecular complexity index is 885. The maximum atomic E-state index is 12.5. The minimum Gasteiger partial charge on any atom is -0.462 e. The van der Waals surface area contributed by atoms with Crippen LogP contribution in [0.3, 0.4) is 0 Å². The molecule has 1 heterocycles. The fourth-order valence-corrected chi connectivity index (χ4v) is 3.33. The van der Waals surface area contributed by atoms with E-state index in [0.717, 1.165) is 12.0 Å². The Balaban J connectivity index is 1.67. The van der Waals surface area contributed by atoms with Crippen LogP contribution in [0, 0.1) is 0 Å². The van der Waals surface area contributed by atoms with E-state index < -0.39 is 5.97 Å². The number of ether oxygens (including phenoxy) is 1. The lowest BCUT2D eigenvalue weighted by molar-refractivity contribution is 0.0528. The molecule has 1 aromatic heterocycles. The van der Waals surface area contributed by atoms with Gasteiger partial charge in [-0.1, -0.05) is 42.5 Å². The van der Waals surface area contributed by atoms with Crippen molar-refractivity contribution in [1.29, 1.82) is 0 Å². The van der Waals surface area contributed by atoms with E-state index in [9.17, 15) is 9.59 Å². The van der Waals surface area contributed by atoms with Gasteiger partial charge in [0.05, 0.1) is 12.2 Å². The van der Waals surface area contributed by atoms with Gasteiger partial charge in [-0.3, -0.25) is 4.79 Å². The van der Waals surface area contributed by atoms with Crippen LogP contribution in [0.2, 0.25) is 0 Å². The molecule has 0 aliphatic heterocycles. The Morgan fingerprint density at radius 3 is 2.35 bits per heavy atom. The van der Waals surface area contributed by atoms with Crippen molar-refractivity contribution >= 4 is 28.2 Å². The van der Waals surface area contributed by atoms with E-state index in [2.05, 4.69) is 17.4 Å². The zero-order chi connectivity index (χ0) is 18.4. The predicted octanol–water partition coefficient (Wildman–Crippen LogP) is 4.77. The summed E-state index contributed by atoms with van der Waals surface area (Å²) < 4.78 is 5.00. The molecule has 3 aromatic rings. The molecule has 0 saturated carbocycles. The predicted molar refractivity (Wildman–Crippen MR) is 104 cm³/mol. The molecule has 0 spiro atoms. The number of carbonyl (C=O) groups excluding carboxylic acids is 2. The molecule has 3 rings (SSSR count). The van der Waals surface area contributed by atoms with Gasteiger partial charge in [-0.25, -0.2) is 4.79 Å². The van der Waals surface area contributed by atoms with Crippen LogP contribution in [0.15, 0.2) is 66.0 Å². The fourth-order valence-electron chi connectivity index (χ4n) is 2.56. The summed E-state index contributed by atoms with van der Waals surface area (Å²) >= 11 is 1.30. The third-order valence-corrected chi connectivity index (χ3v) is 4.68. The van der Waals surface area contributed by atoms with Gasteiger partial charge in [-0.15, -0.1) is 11.3 Å². The van der Waals surface area contributed by atoms with Crippen molar-refractivity contribution in [2.24, 2.45) is 0 Å². The standard InChI is InChI=1S/C21H19NO3S/c1-2-25-21(24)18-12-13-26-20(18)22-19(23)17-10-8-16(9-11-17)14-15-6-4-3-5-7-15/h3-13H,2,14H2,1H3,(H,22,23). The maximum Gasteiger partial charge on any atom is 0.341 e. The highest BCUT2D eigenvalue weighted by Crippen LogP contribution is 2.25. The number of carbonyl (C=O) groups is 2. The largest absolute Gasteiger partial charge is 0.462 e. The molecule has 1 N–H and O–H groups in total. The van der Waals surface area contributed by atoms with Gasteiger partial charge in [0.2, 0.25) is 0 Å². The first-order valence-corrected chi connectivity index (χ1v) is 9.24. The van der Waals surface area contributed by atoms with Gasteiger partial charge >= 0.3 is 5.97 Å². The van der Waals surface area contributed by atoms with Crippen molar-refractivity contribution in [3.8, 4) is 0 Å². The van der Waals surface area contributed by atoms with E-state index in [1.165, 1.54) is 16.9 Å². The second kappa shape index (κ2) is 8.45. The lowest BCUT2D eigenvalue weighted by Crippen LogP contribution is -2.14. The number of rotatable bonds is 6. The normalized spacial score (nSPS) is 10.3. The lowest BCUT2D eigenvalue weighted by atomic mass is 10.0. The number of anilines is 1. The number of nitrogens with one attached hydrogen (secondary N) is 1. The topological polar surface area (TPSA) is 55.4 Å². The van der Waals surface area contributed by atoms with Gasteiger partial charge in [-0.2, -0.15) is 0 Å². The van der Waals surface area contributed by atoms with Crippen LogP contribution in [0.5, 0.6) is 0 Å². The molecule has 0 radical (unpaired) electrons. The second-order valence-corrected chi connectivity index (χ2v) is 6.61. The molecule has 1 amide bonds. The van der Waals surface area contributed by atoms with E-state index in [1.54, 1.807) is 30.5 Å². The zero-order valence-corrected chi connectivity index (χ0v) is 15.2. The van der Waals surface area contributed by atoms with Crippen LogP contribution >= 0.6 is 11.3 Å². The molecule has 2 aromatic carbocycles. The highest BCUT2D eigenvalue weighted by molar-refractivity contribution is 7.14. The zero-order valence-electron chi connectivity index (χ0n) is 14.4. The first-order valence-electron chi connectivity index (χ1n) is 8.36. The molecule has 5 heteroatoms. The molecule has 4 nitrogen and oxygen atoms in total. The lowest BCUT2D eigenvalue weighted by Gasteiger charge is -2.07. The summed E-state index contributed by atoms with van der Waals surface area (Å²) in [6, 6.07) is 19.3. The average molecular weight is 365 g/mol. The molecular formula is C21H19NO3S. The van der Waals surface area contributed by atoms with Crippen LogP contribution < -0.4 is 5.32 Å². The number of amides is 1. The molecular weight excluding hydrogens is 346 g/mol. The number of hydrogen-bond donors (Lipinski definition) is 1. The molecule has 0 fully saturated rings. The highest BCUT2D eigenvalue weighted by atomic mass is 32.1. The van der Waals surface area contributed by atoms with E-state index in [4.69, 9.17) is 4.74 Å². The van der Waals surface area contributed by atoms with Crippen LogP contribution in [-0.2, 0) is 11.2 Å². The Labute approximate surface area is 156 Å². The molecule has 0 aliphatic carbocycles. The van der Waals surface area contributed by atoms with Crippen molar-refractivity contribution in [3.63, 3.8) is 0 Å². The summed E-state index contributed by atoms with van der Waals surface area (Å²) in [7, 11) is 0. The second-order valence-electron chi connectivity index (χ2n) is 5.70. The summed E-state index contributed by atoms with van der Waals surface area (Å²) in [5.41, 5.74) is 3.29. The Hall–Kier alpha value is -2.92. The molecule has 132 valence electrons. The maximum absolute atomic E-state index is 12.5. The smallest absolute Gasteiger partial charge is 0.341 e. The van der Waals surface area contributed by atoms with Gasteiger partial charge in [0, 0.05) is 5.56 Å². The summed E-state index contributed by atoms with van der Waals surface area (Å²) in [6.07, 6.45) is 0.820. The molecule has 0 bridgehead atoms. The number of hydrogen-bond acceptors (Lipinski definition) is 4. The number of benzene rings is 2. The number of esters is 1. The van der Waals surface area contributed by atoms with Gasteiger partial charge < -0.3 is 10.1 Å². The van der Waals surface area contributed by atoms with Crippen molar-refractivity contribution in [2.45, 2.75) is 13.3 Å². The molecule has 26 heavy (non-hydrogen) atoms. The first-order chi connectivity index (χ1) is 12.7. The summed E-state index contributed by atoms with van der Waals surface area (Å²) in [6.45, 7) is 2.05. The van der Waals surface area contributed by atoms with Crippen LogP contribution in [0.1, 0.15) is 38.8 Å². The summed E-state index contributed by atoms with van der Waals surface area (Å²) in [5, 5.41) is 5.05. The third-order valence-electron chi connectivity index (χ3n) is 3.85. The summed E-state index contributed by atoms with van der Waals surface area (Å²) in [5.74, 6) is -0.675. The van der Waals surface area contributed by atoms with Crippen molar-refractivity contribution in [2.75, 3.05) is 11.9 Å². The van der Waals surface area contributed by atoms with Gasteiger partial charge in [0.1, 0.15) is 5.00 Å². The van der Waals surface area contributed by atoms with Crippen LogP contribution in [-0.4, -0.2) is 18.5 Å². The minimum absolute atomic E-state index is 0.246. The van der Waals surface area contributed by atoms with E-state index in [-0.39, 0.29) is 5.91 Å². The Morgan fingerprint density at radius 2 is 1.65 bits per heavy atom. The van der Waals surface area contributed by atoms with Crippen molar-refractivity contribution in [3.05, 3.63) is 88.3 Å². The van der Waals surface area contributed by atoms with Gasteiger partial charge in [0.25, 0.3) is 5.91 Å². The Morgan fingerprint density at radius 1 is 0.962 bits per heavy atom. The third kappa shape index (κ3) is 4.37. The van der Waals surface area contributed by atoms with E-state index in [0.29, 0.717) is 22.7 Å². The van der Waals surface area contributed by atoms with Gasteiger partial charge in [-0.05, 0) is 48.1 Å². The first kappa shape index (κ1) is 17.9.